The number of halogens is 1. The minimum absolute atomic E-state index is 0.0446. The van der Waals surface area contributed by atoms with Gasteiger partial charge in [-0.1, -0.05) is 0 Å². The maximum Gasteiger partial charge on any atom is 0.263 e. The highest BCUT2D eigenvalue weighted by atomic mass is 79.9. The van der Waals surface area contributed by atoms with Crippen LogP contribution in [0, 0.1) is 6.92 Å². The summed E-state index contributed by atoms with van der Waals surface area (Å²) in [6.07, 6.45) is 1.54. The lowest BCUT2D eigenvalue weighted by atomic mass is 10.3. The highest BCUT2D eigenvalue weighted by Crippen LogP contribution is 2.26. The van der Waals surface area contributed by atoms with Crippen molar-refractivity contribution in [2.75, 3.05) is 17.6 Å². The molecule has 6 nitrogen and oxygen atoms in total. The van der Waals surface area contributed by atoms with Crippen LogP contribution >= 0.6 is 15.9 Å². The van der Waals surface area contributed by atoms with E-state index in [-0.39, 0.29) is 16.4 Å². The number of nitrogens with one attached hydrogen (secondary N) is 1. The van der Waals surface area contributed by atoms with Crippen LogP contribution in [0.3, 0.4) is 0 Å². The quantitative estimate of drug-likeness (QED) is 0.805. The van der Waals surface area contributed by atoms with Crippen LogP contribution in [-0.4, -0.2) is 20.5 Å². The van der Waals surface area contributed by atoms with Gasteiger partial charge in [0.1, 0.15) is 11.6 Å². The molecule has 1 heterocycles. The highest BCUT2D eigenvalue weighted by molar-refractivity contribution is 9.10. The number of pyridine rings is 1. The molecule has 8 heteroatoms. The smallest absolute Gasteiger partial charge is 0.263 e. The zero-order valence-corrected chi connectivity index (χ0v) is 13.8. The van der Waals surface area contributed by atoms with Gasteiger partial charge >= 0.3 is 0 Å². The summed E-state index contributed by atoms with van der Waals surface area (Å²) in [4.78, 5) is 4.06. The molecular weight excluding hydrogens is 358 g/mol. The Hall–Kier alpha value is -1.80. The van der Waals surface area contributed by atoms with Gasteiger partial charge in [-0.15, -0.1) is 0 Å². The van der Waals surface area contributed by atoms with Crippen LogP contribution in [0.25, 0.3) is 0 Å². The van der Waals surface area contributed by atoms with E-state index in [1.54, 1.807) is 6.07 Å². The lowest BCUT2D eigenvalue weighted by Crippen LogP contribution is -2.14. The molecule has 21 heavy (non-hydrogen) atoms. The van der Waals surface area contributed by atoms with E-state index in [1.807, 2.05) is 6.92 Å². The van der Waals surface area contributed by atoms with Crippen LogP contribution < -0.4 is 15.2 Å². The molecule has 0 aliphatic carbocycles. The minimum atomic E-state index is -3.75. The van der Waals surface area contributed by atoms with Crippen molar-refractivity contribution in [3.05, 3.63) is 40.5 Å². The molecule has 112 valence electrons. The first-order valence-electron chi connectivity index (χ1n) is 5.92. The number of hydrogen-bond acceptors (Lipinski definition) is 5. The van der Waals surface area contributed by atoms with Crippen molar-refractivity contribution < 1.29 is 13.2 Å². The van der Waals surface area contributed by atoms with Crippen molar-refractivity contribution in [2.24, 2.45) is 0 Å². The van der Waals surface area contributed by atoms with Gasteiger partial charge in [0.25, 0.3) is 10.0 Å². The monoisotopic (exact) mass is 371 g/mol. The number of anilines is 2. The number of aromatic nitrogens is 1. The highest BCUT2D eigenvalue weighted by Gasteiger charge is 2.16. The van der Waals surface area contributed by atoms with Crippen LogP contribution in [-0.2, 0) is 10.0 Å². The Morgan fingerprint density at radius 2 is 2.05 bits per heavy atom. The summed E-state index contributed by atoms with van der Waals surface area (Å²) in [6.45, 7) is 1.84. The number of nitrogens with zero attached hydrogens (tertiary/aromatic N) is 1. The molecule has 0 unspecified atom stereocenters. The van der Waals surface area contributed by atoms with Crippen molar-refractivity contribution in [3.8, 4) is 5.75 Å². The molecule has 2 aromatic rings. The predicted octanol–water partition coefficient (Wildman–Crippen LogP) is 2.54. The lowest BCUT2D eigenvalue weighted by molar-refractivity contribution is 0.416. The van der Waals surface area contributed by atoms with E-state index in [1.165, 1.54) is 31.5 Å². The summed E-state index contributed by atoms with van der Waals surface area (Å²) in [5.41, 5.74) is 6.85. The minimum Gasteiger partial charge on any atom is -0.495 e. The number of methoxy groups -OCH3 is 1. The molecule has 1 aromatic heterocycles. The molecule has 0 spiro atoms. The number of ether oxygens (including phenoxy) is 1. The standard InChI is InChI=1S/C13H14BrN3O3S/c1-8-5-13(16-7-10(8)14)17-21(18,19)9-3-4-12(20-2)11(15)6-9/h3-7H,15H2,1-2H3,(H,16,17). The largest absolute Gasteiger partial charge is 0.495 e. The molecule has 2 rings (SSSR count). The average molecular weight is 372 g/mol. The third-order valence-corrected chi connectivity index (χ3v) is 4.98. The van der Waals surface area contributed by atoms with E-state index >= 15 is 0 Å². The molecule has 0 saturated heterocycles. The van der Waals surface area contributed by atoms with E-state index in [4.69, 9.17) is 10.5 Å². The Morgan fingerprint density at radius 3 is 2.62 bits per heavy atom. The van der Waals surface area contributed by atoms with Crippen molar-refractivity contribution in [1.29, 1.82) is 0 Å². The molecule has 0 bridgehead atoms. The zero-order valence-electron chi connectivity index (χ0n) is 11.4. The predicted molar refractivity (Wildman–Crippen MR) is 84.9 cm³/mol. The fourth-order valence-corrected chi connectivity index (χ4v) is 2.92. The van der Waals surface area contributed by atoms with Crippen LogP contribution in [0.1, 0.15) is 5.56 Å². The summed E-state index contributed by atoms with van der Waals surface area (Å²) >= 11 is 3.31. The van der Waals surface area contributed by atoms with Gasteiger partial charge in [0.2, 0.25) is 0 Å². The van der Waals surface area contributed by atoms with Crippen molar-refractivity contribution in [2.45, 2.75) is 11.8 Å². The van der Waals surface area contributed by atoms with Gasteiger partial charge in [-0.25, -0.2) is 13.4 Å². The molecule has 0 amide bonds. The summed E-state index contributed by atoms with van der Waals surface area (Å²) in [5.74, 6) is 0.664. The first kappa shape index (κ1) is 15.6. The van der Waals surface area contributed by atoms with Gasteiger partial charge in [-0.05, 0) is 52.7 Å². The Balaban J connectivity index is 2.33. The summed E-state index contributed by atoms with van der Waals surface area (Å²) < 4.78 is 32.8. The van der Waals surface area contributed by atoms with Crippen molar-refractivity contribution >= 4 is 37.5 Å². The van der Waals surface area contributed by atoms with Crippen LogP contribution in [0.5, 0.6) is 5.75 Å². The summed E-state index contributed by atoms with van der Waals surface area (Å²) in [7, 11) is -2.29. The topological polar surface area (TPSA) is 94.3 Å². The van der Waals surface area contributed by atoms with Gasteiger partial charge < -0.3 is 10.5 Å². The molecule has 3 N–H and O–H groups in total. The molecular formula is C13H14BrN3O3S. The fourth-order valence-electron chi connectivity index (χ4n) is 1.67. The molecule has 0 saturated carbocycles. The number of benzene rings is 1. The van der Waals surface area contributed by atoms with E-state index < -0.39 is 10.0 Å². The second-order valence-corrected chi connectivity index (χ2v) is 6.86. The first-order chi connectivity index (χ1) is 9.83. The Morgan fingerprint density at radius 1 is 1.33 bits per heavy atom. The van der Waals surface area contributed by atoms with Gasteiger partial charge in [-0.3, -0.25) is 4.72 Å². The average Bonchev–Trinajstić information content (AvgIpc) is 2.42. The van der Waals surface area contributed by atoms with Crippen LogP contribution in [0.4, 0.5) is 11.5 Å². The number of sulfonamides is 1. The SMILES string of the molecule is COc1ccc(S(=O)(=O)Nc2cc(C)c(Br)cn2)cc1N. The fraction of sp³-hybridized carbons (Fsp3) is 0.154. The van der Waals surface area contributed by atoms with Gasteiger partial charge in [0.15, 0.2) is 0 Å². The molecule has 1 aromatic carbocycles. The van der Waals surface area contributed by atoms with E-state index in [2.05, 4.69) is 25.6 Å². The maximum absolute atomic E-state index is 12.3. The normalized spacial score (nSPS) is 11.2. The lowest BCUT2D eigenvalue weighted by Gasteiger charge is -2.10. The van der Waals surface area contributed by atoms with Gasteiger partial charge in [0.05, 0.1) is 17.7 Å². The number of nitrogen functional groups attached to an aromatic ring is 1. The third-order valence-electron chi connectivity index (χ3n) is 2.80. The maximum atomic E-state index is 12.3. The Kier molecular flexibility index (Phi) is 4.38. The first-order valence-corrected chi connectivity index (χ1v) is 8.19. The van der Waals surface area contributed by atoms with Crippen molar-refractivity contribution in [1.82, 2.24) is 4.98 Å². The van der Waals surface area contributed by atoms with Gasteiger partial charge in [0, 0.05) is 10.7 Å². The Labute approximate surface area is 131 Å². The van der Waals surface area contributed by atoms with Gasteiger partial charge in [-0.2, -0.15) is 0 Å². The summed E-state index contributed by atoms with van der Waals surface area (Å²) in [5, 5.41) is 0. The summed E-state index contributed by atoms with van der Waals surface area (Å²) in [6, 6.07) is 5.90. The second-order valence-electron chi connectivity index (χ2n) is 4.33. The van der Waals surface area contributed by atoms with Crippen molar-refractivity contribution in [3.63, 3.8) is 0 Å². The van der Waals surface area contributed by atoms with E-state index in [0.29, 0.717) is 5.75 Å². The molecule has 0 atom stereocenters. The number of rotatable bonds is 4. The second kappa shape index (κ2) is 5.90. The molecule has 0 fully saturated rings. The van der Waals surface area contributed by atoms with Crippen LogP contribution in [0.2, 0.25) is 0 Å². The van der Waals surface area contributed by atoms with E-state index in [0.717, 1.165) is 10.0 Å². The number of aryl methyl sites for hydroxylation is 1. The number of hydrogen-bond donors (Lipinski definition) is 2. The van der Waals surface area contributed by atoms with Crippen LogP contribution in [0.15, 0.2) is 39.8 Å². The van der Waals surface area contributed by atoms with E-state index in [9.17, 15) is 8.42 Å². The molecule has 0 aliphatic heterocycles. The Bertz CT molecular complexity index is 778. The number of nitrogens with two attached hydrogens (primary N) is 1. The molecule has 0 radical (unpaired) electrons. The third kappa shape index (κ3) is 3.45. The zero-order chi connectivity index (χ0) is 15.6. The molecule has 0 aliphatic rings.